The standard InChI is InChI=1S/C35H65N7O10/c1-5-8-11-20-30(44)40(50)23-14-17-27(33(36)47)38-35(49)29(19-16-25-42(52)32(46)22-13-10-7-3)39-34(48)28(37-26(4)43)18-15-24-41(51)31(45)21-12-9-6-2/h27-29,50-52H,5-25H2,1-4H3,(H2,36,47)(H,37,43)(H,38,49)(H,39,48)/t27-,28-,29-/m0/s1. The van der Waals surface area contributed by atoms with E-state index in [0.717, 1.165) is 38.5 Å². The van der Waals surface area contributed by atoms with Crippen LogP contribution in [0.2, 0.25) is 0 Å². The number of rotatable bonds is 30. The summed E-state index contributed by atoms with van der Waals surface area (Å²) in [5, 5.41) is 39.8. The minimum Gasteiger partial charge on any atom is -0.368 e. The first-order chi connectivity index (χ1) is 24.7. The van der Waals surface area contributed by atoms with Crippen molar-refractivity contribution in [3.05, 3.63) is 0 Å². The maximum atomic E-state index is 13.5. The molecule has 0 aliphatic carbocycles. The summed E-state index contributed by atoms with van der Waals surface area (Å²) in [6.07, 6.45) is 7.80. The van der Waals surface area contributed by atoms with E-state index >= 15 is 0 Å². The molecule has 300 valence electrons. The Morgan fingerprint density at radius 2 is 0.808 bits per heavy atom. The van der Waals surface area contributed by atoms with Crippen LogP contribution in [-0.2, 0) is 33.6 Å². The lowest BCUT2D eigenvalue weighted by Crippen LogP contribution is -2.56. The fourth-order valence-electron chi connectivity index (χ4n) is 5.29. The first-order valence-electron chi connectivity index (χ1n) is 18.8. The summed E-state index contributed by atoms with van der Waals surface area (Å²) < 4.78 is 0. The monoisotopic (exact) mass is 743 g/mol. The van der Waals surface area contributed by atoms with Crippen LogP contribution in [0.4, 0.5) is 0 Å². The predicted octanol–water partition coefficient (Wildman–Crippen LogP) is 2.68. The molecule has 0 unspecified atom stereocenters. The summed E-state index contributed by atoms with van der Waals surface area (Å²) in [7, 11) is 0. The van der Waals surface area contributed by atoms with Gasteiger partial charge in [-0.15, -0.1) is 0 Å². The Morgan fingerprint density at radius 3 is 1.12 bits per heavy atom. The van der Waals surface area contributed by atoms with Crippen molar-refractivity contribution >= 4 is 41.4 Å². The number of unbranched alkanes of at least 4 members (excludes halogenated alkanes) is 6. The molecule has 0 spiro atoms. The van der Waals surface area contributed by atoms with E-state index in [4.69, 9.17) is 5.73 Å². The molecule has 0 saturated carbocycles. The average molecular weight is 744 g/mol. The van der Waals surface area contributed by atoms with Crippen LogP contribution in [-0.4, -0.2) is 110 Å². The van der Waals surface area contributed by atoms with Gasteiger partial charge in [-0.3, -0.25) is 49.2 Å². The molecule has 0 rings (SSSR count). The molecular formula is C35H65N7O10. The number of primary amides is 1. The predicted molar refractivity (Wildman–Crippen MR) is 191 cm³/mol. The van der Waals surface area contributed by atoms with Crippen LogP contribution in [0.25, 0.3) is 0 Å². The number of nitrogens with zero attached hydrogens (tertiary/aromatic N) is 3. The molecule has 3 atom stereocenters. The van der Waals surface area contributed by atoms with Crippen LogP contribution < -0.4 is 21.7 Å². The lowest BCUT2D eigenvalue weighted by atomic mass is 10.1. The Hall–Kier alpha value is -3.83. The van der Waals surface area contributed by atoms with Gasteiger partial charge < -0.3 is 21.7 Å². The minimum atomic E-state index is -1.29. The van der Waals surface area contributed by atoms with Gasteiger partial charge in [0.15, 0.2) is 0 Å². The van der Waals surface area contributed by atoms with Crippen LogP contribution >= 0.6 is 0 Å². The van der Waals surface area contributed by atoms with E-state index in [0.29, 0.717) is 34.5 Å². The van der Waals surface area contributed by atoms with Gasteiger partial charge in [0.2, 0.25) is 41.4 Å². The normalized spacial score (nSPS) is 12.6. The summed E-state index contributed by atoms with van der Waals surface area (Å²) in [6.45, 7) is 6.83. The molecule has 0 radical (unpaired) electrons. The summed E-state index contributed by atoms with van der Waals surface area (Å²) >= 11 is 0. The van der Waals surface area contributed by atoms with Crippen LogP contribution in [0.3, 0.4) is 0 Å². The highest BCUT2D eigenvalue weighted by Gasteiger charge is 2.29. The molecular weight excluding hydrogens is 678 g/mol. The molecule has 0 aliphatic rings. The van der Waals surface area contributed by atoms with E-state index in [9.17, 15) is 49.2 Å². The maximum Gasteiger partial charge on any atom is 0.245 e. The Morgan fingerprint density at radius 1 is 0.500 bits per heavy atom. The number of carbonyl (C=O) groups excluding carboxylic acids is 7. The molecule has 0 aromatic rings. The summed E-state index contributed by atoms with van der Waals surface area (Å²) in [6, 6.07) is -3.66. The van der Waals surface area contributed by atoms with E-state index in [2.05, 4.69) is 16.0 Å². The second kappa shape index (κ2) is 28.7. The molecule has 0 bridgehead atoms. The molecule has 0 aromatic carbocycles. The molecule has 17 nitrogen and oxygen atoms in total. The lowest BCUT2D eigenvalue weighted by molar-refractivity contribution is -0.166. The van der Waals surface area contributed by atoms with E-state index in [1.807, 2.05) is 20.8 Å². The van der Waals surface area contributed by atoms with Gasteiger partial charge in [0.1, 0.15) is 18.1 Å². The van der Waals surface area contributed by atoms with Gasteiger partial charge >= 0.3 is 0 Å². The maximum absolute atomic E-state index is 13.5. The van der Waals surface area contributed by atoms with E-state index < -0.39 is 59.5 Å². The van der Waals surface area contributed by atoms with Gasteiger partial charge in [-0.25, -0.2) is 15.2 Å². The first kappa shape index (κ1) is 48.2. The van der Waals surface area contributed by atoms with Gasteiger partial charge in [0, 0.05) is 45.8 Å². The summed E-state index contributed by atoms with van der Waals surface area (Å²) in [5.74, 6) is -4.37. The second-order valence-electron chi connectivity index (χ2n) is 13.1. The molecule has 17 heteroatoms. The smallest absolute Gasteiger partial charge is 0.245 e. The fourth-order valence-corrected chi connectivity index (χ4v) is 5.29. The minimum absolute atomic E-state index is 0.00840. The summed E-state index contributed by atoms with van der Waals surface area (Å²) in [4.78, 5) is 87.8. The van der Waals surface area contributed by atoms with E-state index in [-0.39, 0.29) is 77.4 Å². The Kier molecular flexibility index (Phi) is 26.6. The number of amides is 7. The van der Waals surface area contributed by atoms with Gasteiger partial charge in [-0.05, 0) is 57.8 Å². The molecule has 0 aliphatic heterocycles. The van der Waals surface area contributed by atoms with Crippen molar-refractivity contribution in [2.24, 2.45) is 5.73 Å². The number of hydroxylamine groups is 6. The largest absolute Gasteiger partial charge is 0.368 e. The highest BCUT2D eigenvalue weighted by Crippen LogP contribution is 2.10. The van der Waals surface area contributed by atoms with Crippen molar-refractivity contribution in [2.75, 3.05) is 19.6 Å². The zero-order valence-corrected chi connectivity index (χ0v) is 31.7. The third-order valence-electron chi connectivity index (χ3n) is 8.42. The number of nitrogens with one attached hydrogen (secondary N) is 3. The number of hydrogen-bond donors (Lipinski definition) is 7. The molecule has 0 fully saturated rings. The summed E-state index contributed by atoms with van der Waals surface area (Å²) in [5.41, 5.74) is 5.55. The first-order valence-corrected chi connectivity index (χ1v) is 18.8. The highest BCUT2D eigenvalue weighted by atomic mass is 16.5. The van der Waals surface area contributed by atoms with E-state index in [1.54, 1.807) is 0 Å². The lowest BCUT2D eigenvalue weighted by Gasteiger charge is -2.25. The SMILES string of the molecule is CCCCCC(=O)N(O)CCC[C@H](NC(=O)[C@H](CCCN(O)C(=O)CCCCC)NC(=O)[C@H](CCCN(O)C(=O)CCCCC)NC(C)=O)C(N)=O. The number of hydrogen-bond acceptors (Lipinski definition) is 10. The fraction of sp³-hybridized carbons (Fsp3) is 0.800. The number of carbonyl (C=O) groups is 7. The Labute approximate surface area is 308 Å². The quantitative estimate of drug-likeness (QED) is 0.0322. The van der Waals surface area contributed by atoms with Crippen molar-refractivity contribution in [1.82, 2.24) is 31.1 Å². The molecule has 0 aromatic heterocycles. The van der Waals surface area contributed by atoms with Gasteiger partial charge in [-0.1, -0.05) is 59.3 Å². The Balaban J connectivity index is 5.69. The van der Waals surface area contributed by atoms with Gasteiger partial charge in [-0.2, -0.15) is 0 Å². The topological polar surface area (TPSA) is 252 Å². The zero-order valence-electron chi connectivity index (χ0n) is 31.7. The third kappa shape index (κ3) is 22.2. The van der Waals surface area contributed by atoms with Gasteiger partial charge in [0.05, 0.1) is 0 Å². The van der Waals surface area contributed by atoms with Crippen molar-refractivity contribution in [2.45, 2.75) is 161 Å². The molecule has 52 heavy (non-hydrogen) atoms. The molecule has 7 amide bonds. The van der Waals surface area contributed by atoms with Crippen molar-refractivity contribution < 1.29 is 49.2 Å². The second-order valence-corrected chi connectivity index (χ2v) is 13.1. The van der Waals surface area contributed by atoms with Crippen molar-refractivity contribution in [3.8, 4) is 0 Å². The van der Waals surface area contributed by atoms with Gasteiger partial charge in [0.25, 0.3) is 0 Å². The number of nitrogens with two attached hydrogens (primary N) is 1. The van der Waals surface area contributed by atoms with Crippen LogP contribution in [0.15, 0.2) is 0 Å². The third-order valence-corrected chi connectivity index (χ3v) is 8.42. The molecule has 0 heterocycles. The van der Waals surface area contributed by atoms with Crippen molar-refractivity contribution in [1.29, 1.82) is 0 Å². The Bertz CT molecular complexity index is 1110. The highest BCUT2D eigenvalue weighted by molar-refractivity contribution is 5.93. The molecule has 0 saturated heterocycles. The zero-order chi connectivity index (χ0) is 39.5. The van der Waals surface area contributed by atoms with E-state index in [1.165, 1.54) is 6.92 Å². The van der Waals surface area contributed by atoms with Crippen LogP contribution in [0.1, 0.15) is 143 Å². The van der Waals surface area contributed by atoms with Crippen LogP contribution in [0, 0.1) is 0 Å². The average Bonchev–Trinajstić information content (AvgIpc) is 3.09. The molecule has 8 N–H and O–H groups in total. The van der Waals surface area contributed by atoms with Crippen LogP contribution in [0.5, 0.6) is 0 Å². The van der Waals surface area contributed by atoms with Crippen molar-refractivity contribution in [3.63, 3.8) is 0 Å².